The zero-order chi connectivity index (χ0) is 20.8. The van der Waals surface area contributed by atoms with Gasteiger partial charge in [0.25, 0.3) is 0 Å². The molecule has 0 aliphatic carbocycles. The van der Waals surface area contributed by atoms with Crippen LogP contribution in [0.2, 0.25) is 0 Å². The van der Waals surface area contributed by atoms with Crippen LogP contribution in [0, 0.1) is 27.7 Å². The minimum absolute atomic E-state index is 1.32. The standard InChI is InChI=1S/C30H26/c1-19-11-9-17-23(21(19)3)29-25-13-5-7-15-27(25)30(28-16-8-6-14-26(28)29)24-18-10-12-20(2)22(24)4/h5-18H,1-4H3. The first-order valence-electron chi connectivity index (χ1n) is 10.6. The first-order chi connectivity index (χ1) is 14.6. The number of fused-ring (bicyclic) bond motifs is 2. The maximum Gasteiger partial charge on any atom is -0.00236 e. The topological polar surface area (TPSA) is 0 Å². The van der Waals surface area contributed by atoms with Crippen LogP contribution in [0.1, 0.15) is 22.3 Å². The van der Waals surface area contributed by atoms with Gasteiger partial charge in [0.2, 0.25) is 0 Å². The molecule has 0 aliphatic heterocycles. The lowest BCUT2D eigenvalue weighted by atomic mass is 9.83. The van der Waals surface area contributed by atoms with Gasteiger partial charge in [0.1, 0.15) is 0 Å². The van der Waals surface area contributed by atoms with Crippen molar-refractivity contribution in [2.45, 2.75) is 27.7 Å². The van der Waals surface area contributed by atoms with Gasteiger partial charge >= 0.3 is 0 Å². The SMILES string of the molecule is Cc1cccc(-c2c3ccccc3c(-c3cccc(C)c3C)c3ccccc23)c1C. The maximum atomic E-state index is 2.29. The summed E-state index contributed by atoms with van der Waals surface area (Å²) in [5.41, 5.74) is 10.7. The Bertz CT molecular complexity index is 1250. The highest BCUT2D eigenvalue weighted by atomic mass is 14.2. The quantitative estimate of drug-likeness (QED) is 0.267. The molecule has 0 nitrogen and oxygen atoms in total. The van der Waals surface area contributed by atoms with E-state index in [4.69, 9.17) is 0 Å². The second-order valence-electron chi connectivity index (χ2n) is 8.34. The molecule has 0 aliphatic rings. The van der Waals surface area contributed by atoms with Gasteiger partial charge in [0, 0.05) is 0 Å². The van der Waals surface area contributed by atoms with Crippen LogP contribution in [-0.2, 0) is 0 Å². The zero-order valence-corrected chi connectivity index (χ0v) is 18.1. The van der Waals surface area contributed by atoms with Gasteiger partial charge in [0.05, 0.1) is 0 Å². The van der Waals surface area contributed by atoms with Crippen LogP contribution in [0.3, 0.4) is 0 Å². The predicted molar refractivity (Wildman–Crippen MR) is 131 cm³/mol. The minimum atomic E-state index is 1.32. The summed E-state index contributed by atoms with van der Waals surface area (Å²) in [7, 11) is 0. The average molecular weight is 387 g/mol. The Morgan fingerprint density at radius 2 is 0.700 bits per heavy atom. The van der Waals surface area contributed by atoms with Crippen LogP contribution < -0.4 is 0 Å². The maximum absolute atomic E-state index is 2.29. The fourth-order valence-electron chi connectivity index (χ4n) is 4.75. The van der Waals surface area contributed by atoms with Gasteiger partial charge in [-0.15, -0.1) is 0 Å². The molecule has 0 unspecified atom stereocenters. The Morgan fingerprint density at radius 1 is 0.367 bits per heavy atom. The van der Waals surface area contributed by atoms with Gasteiger partial charge < -0.3 is 0 Å². The van der Waals surface area contributed by atoms with Gasteiger partial charge in [-0.2, -0.15) is 0 Å². The zero-order valence-electron chi connectivity index (χ0n) is 18.1. The monoisotopic (exact) mass is 386 g/mol. The van der Waals surface area contributed by atoms with Crippen molar-refractivity contribution < 1.29 is 0 Å². The third kappa shape index (κ3) is 2.75. The third-order valence-corrected chi connectivity index (χ3v) is 6.68. The van der Waals surface area contributed by atoms with Crippen LogP contribution in [0.4, 0.5) is 0 Å². The third-order valence-electron chi connectivity index (χ3n) is 6.68. The Balaban J connectivity index is 2.03. The molecule has 0 radical (unpaired) electrons. The Kier molecular flexibility index (Phi) is 4.44. The van der Waals surface area contributed by atoms with E-state index in [0.717, 1.165) is 0 Å². The lowest BCUT2D eigenvalue weighted by Gasteiger charge is -2.20. The molecule has 0 spiro atoms. The number of hydrogen-bond donors (Lipinski definition) is 0. The molecule has 0 saturated heterocycles. The van der Waals surface area contributed by atoms with Crippen molar-refractivity contribution in [2.24, 2.45) is 0 Å². The summed E-state index contributed by atoms with van der Waals surface area (Å²) < 4.78 is 0. The van der Waals surface area contributed by atoms with Gasteiger partial charge in [-0.1, -0.05) is 84.9 Å². The smallest absolute Gasteiger partial charge is 0.00236 e. The van der Waals surface area contributed by atoms with E-state index in [1.54, 1.807) is 0 Å². The molecule has 5 aromatic rings. The average Bonchev–Trinajstić information content (AvgIpc) is 2.76. The van der Waals surface area contributed by atoms with Crippen molar-refractivity contribution in [1.82, 2.24) is 0 Å². The Hall–Kier alpha value is -3.38. The Morgan fingerprint density at radius 3 is 1.03 bits per heavy atom. The van der Waals surface area contributed by atoms with E-state index < -0.39 is 0 Å². The number of benzene rings is 5. The van der Waals surface area contributed by atoms with Crippen LogP contribution in [0.25, 0.3) is 43.8 Å². The summed E-state index contributed by atoms with van der Waals surface area (Å²) in [5, 5.41) is 5.28. The molecule has 0 aromatic heterocycles. The molecular formula is C30H26. The lowest BCUT2D eigenvalue weighted by molar-refractivity contribution is 1.34. The number of hydrogen-bond acceptors (Lipinski definition) is 0. The molecule has 0 saturated carbocycles. The van der Waals surface area contributed by atoms with Crippen molar-refractivity contribution in [3.05, 3.63) is 107 Å². The van der Waals surface area contributed by atoms with Crippen LogP contribution in [-0.4, -0.2) is 0 Å². The van der Waals surface area contributed by atoms with Crippen molar-refractivity contribution in [3.8, 4) is 22.3 Å². The van der Waals surface area contributed by atoms with E-state index in [0.29, 0.717) is 0 Å². The minimum Gasteiger partial charge on any atom is -0.0616 e. The molecule has 5 rings (SSSR count). The summed E-state index contributed by atoms with van der Waals surface area (Å²) in [5.74, 6) is 0. The van der Waals surface area contributed by atoms with Gasteiger partial charge in [-0.05, 0) is 93.7 Å². The van der Waals surface area contributed by atoms with E-state index in [2.05, 4.69) is 113 Å². The van der Waals surface area contributed by atoms with E-state index >= 15 is 0 Å². The predicted octanol–water partition coefficient (Wildman–Crippen LogP) is 8.56. The van der Waals surface area contributed by atoms with Crippen LogP contribution in [0.5, 0.6) is 0 Å². The first-order valence-corrected chi connectivity index (χ1v) is 10.6. The Labute approximate surface area is 178 Å². The molecule has 0 amide bonds. The fraction of sp³-hybridized carbons (Fsp3) is 0.133. The van der Waals surface area contributed by atoms with Crippen molar-refractivity contribution >= 4 is 21.5 Å². The molecular weight excluding hydrogens is 360 g/mol. The molecule has 5 aromatic carbocycles. The van der Waals surface area contributed by atoms with E-state index in [-0.39, 0.29) is 0 Å². The molecule has 146 valence electrons. The van der Waals surface area contributed by atoms with Crippen molar-refractivity contribution in [1.29, 1.82) is 0 Å². The van der Waals surface area contributed by atoms with Crippen LogP contribution >= 0.6 is 0 Å². The van der Waals surface area contributed by atoms with E-state index in [1.165, 1.54) is 66.1 Å². The second kappa shape index (κ2) is 7.15. The summed E-state index contributed by atoms with van der Waals surface area (Å²) in [6.45, 7) is 8.89. The molecule has 0 heterocycles. The van der Waals surface area contributed by atoms with Crippen LogP contribution in [0.15, 0.2) is 84.9 Å². The normalized spacial score (nSPS) is 11.3. The summed E-state index contributed by atoms with van der Waals surface area (Å²) in [4.78, 5) is 0. The highest BCUT2D eigenvalue weighted by Crippen LogP contribution is 2.45. The number of aryl methyl sites for hydroxylation is 2. The van der Waals surface area contributed by atoms with Gasteiger partial charge in [-0.3, -0.25) is 0 Å². The van der Waals surface area contributed by atoms with Gasteiger partial charge in [-0.25, -0.2) is 0 Å². The molecule has 0 bridgehead atoms. The second-order valence-corrected chi connectivity index (χ2v) is 8.34. The molecule has 0 heteroatoms. The lowest BCUT2D eigenvalue weighted by Crippen LogP contribution is -1.95. The molecule has 0 N–H and O–H groups in total. The largest absolute Gasteiger partial charge is 0.0616 e. The summed E-state index contributed by atoms with van der Waals surface area (Å²) >= 11 is 0. The fourth-order valence-corrected chi connectivity index (χ4v) is 4.75. The highest BCUT2D eigenvalue weighted by molar-refractivity contribution is 6.21. The number of rotatable bonds is 2. The van der Waals surface area contributed by atoms with E-state index in [9.17, 15) is 0 Å². The molecule has 0 fully saturated rings. The van der Waals surface area contributed by atoms with E-state index in [1.807, 2.05) is 0 Å². The summed E-state index contributed by atoms with van der Waals surface area (Å²) in [6.07, 6.45) is 0. The molecule has 30 heavy (non-hydrogen) atoms. The highest BCUT2D eigenvalue weighted by Gasteiger charge is 2.18. The molecule has 0 atom stereocenters. The first kappa shape index (κ1) is 18.6. The van der Waals surface area contributed by atoms with Crippen molar-refractivity contribution in [3.63, 3.8) is 0 Å². The van der Waals surface area contributed by atoms with Gasteiger partial charge in [0.15, 0.2) is 0 Å². The van der Waals surface area contributed by atoms with Crippen molar-refractivity contribution in [2.75, 3.05) is 0 Å². The summed E-state index contributed by atoms with van der Waals surface area (Å²) in [6, 6.07) is 31.1.